The predicted molar refractivity (Wildman–Crippen MR) is 105 cm³/mol. The number of benzene rings is 2. The lowest BCUT2D eigenvalue weighted by Gasteiger charge is -2.30. The number of rotatable bonds is 6. The average molecular weight is 388 g/mol. The third-order valence-corrected chi connectivity index (χ3v) is 5.86. The van der Waals surface area contributed by atoms with Crippen molar-refractivity contribution in [3.63, 3.8) is 0 Å². The van der Waals surface area contributed by atoms with E-state index >= 15 is 0 Å². The topological polar surface area (TPSA) is 75.7 Å². The molecule has 144 valence electrons. The van der Waals surface area contributed by atoms with Crippen molar-refractivity contribution in [3.8, 4) is 5.75 Å². The minimum atomic E-state index is -3.26. The largest absolute Gasteiger partial charge is 0.489 e. The number of hydrogen-bond donors (Lipinski definition) is 1. The Morgan fingerprint density at radius 2 is 1.85 bits per heavy atom. The van der Waals surface area contributed by atoms with Crippen LogP contribution in [0.1, 0.15) is 18.4 Å². The Kier molecular flexibility index (Phi) is 6.13. The molecule has 0 saturated carbocycles. The number of piperidine rings is 1. The lowest BCUT2D eigenvalue weighted by Crippen LogP contribution is -2.43. The first kappa shape index (κ1) is 19.4. The van der Waals surface area contributed by atoms with Crippen LogP contribution in [0.5, 0.6) is 5.75 Å². The van der Waals surface area contributed by atoms with Gasteiger partial charge in [0.05, 0.1) is 12.2 Å². The SMILES string of the molecule is CS(=O)(=O)N1CCC[C@@H](C(=O)Nc2ccc(OCc3ccccc3)cc2)C1. The zero-order chi connectivity index (χ0) is 19.3. The highest BCUT2D eigenvalue weighted by atomic mass is 32.2. The second kappa shape index (κ2) is 8.54. The molecule has 0 aromatic heterocycles. The summed E-state index contributed by atoms with van der Waals surface area (Å²) < 4.78 is 30.5. The number of anilines is 1. The van der Waals surface area contributed by atoms with Gasteiger partial charge in [0.1, 0.15) is 12.4 Å². The molecule has 7 heteroatoms. The first-order valence-electron chi connectivity index (χ1n) is 8.94. The summed E-state index contributed by atoms with van der Waals surface area (Å²) in [4.78, 5) is 12.5. The third-order valence-electron chi connectivity index (χ3n) is 4.59. The van der Waals surface area contributed by atoms with E-state index in [0.29, 0.717) is 31.7 Å². The van der Waals surface area contributed by atoms with Gasteiger partial charge in [-0.2, -0.15) is 0 Å². The van der Waals surface area contributed by atoms with E-state index in [-0.39, 0.29) is 18.4 Å². The Balaban J connectivity index is 1.54. The van der Waals surface area contributed by atoms with Crippen LogP contribution in [0.2, 0.25) is 0 Å². The molecule has 1 fully saturated rings. The minimum absolute atomic E-state index is 0.152. The van der Waals surface area contributed by atoms with Crippen LogP contribution in [0, 0.1) is 5.92 Å². The smallest absolute Gasteiger partial charge is 0.228 e. The molecule has 6 nitrogen and oxygen atoms in total. The van der Waals surface area contributed by atoms with Crippen LogP contribution in [-0.2, 0) is 21.4 Å². The number of ether oxygens (including phenoxy) is 1. The molecule has 27 heavy (non-hydrogen) atoms. The molecule has 2 aromatic rings. The summed E-state index contributed by atoms with van der Waals surface area (Å²) >= 11 is 0. The molecule has 2 aromatic carbocycles. The van der Waals surface area contributed by atoms with Gasteiger partial charge in [0, 0.05) is 18.8 Å². The second-order valence-electron chi connectivity index (χ2n) is 6.75. The van der Waals surface area contributed by atoms with E-state index in [1.807, 2.05) is 42.5 Å². The number of nitrogens with one attached hydrogen (secondary N) is 1. The maximum atomic E-state index is 12.5. The van der Waals surface area contributed by atoms with Crippen molar-refractivity contribution in [2.75, 3.05) is 24.7 Å². The highest BCUT2D eigenvalue weighted by molar-refractivity contribution is 7.88. The number of carbonyl (C=O) groups excluding carboxylic acids is 1. The van der Waals surface area contributed by atoms with Crippen molar-refractivity contribution >= 4 is 21.6 Å². The maximum absolute atomic E-state index is 12.5. The molecule has 0 unspecified atom stereocenters. The highest BCUT2D eigenvalue weighted by Crippen LogP contribution is 2.22. The van der Waals surface area contributed by atoms with E-state index in [1.54, 1.807) is 12.1 Å². The molecule has 3 rings (SSSR count). The van der Waals surface area contributed by atoms with Gasteiger partial charge >= 0.3 is 0 Å². The minimum Gasteiger partial charge on any atom is -0.489 e. The lowest BCUT2D eigenvalue weighted by molar-refractivity contribution is -0.120. The van der Waals surface area contributed by atoms with Gasteiger partial charge in [-0.25, -0.2) is 12.7 Å². The van der Waals surface area contributed by atoms with Crippen molar-refractivity contribution in [3.05, 3.63) is 60.2 Å². The van der Waals surface area contributed by atoms with Crippen molar-refractivity contribution in [2.24, 2.45) is 5.92 Å². The molecule has 0 bridgehead atoms. The Morgan fingerprint density at radius 3 is 2.52 bits per heavy atom. The van der Waals surface area contributed by atoms with Gasteiger partial charge in [-0.15, -0.1) is 0 Å². The Hall–Kier alpha value is -2.38. The molecule has 1 saturated heterocycles. The maximum Gasteiger partial charge on any atom is 0.228 e. The zero-order valence-electron chi connectivity index (χ0n) is 15.3. The zero-order valence-corrected chi connectivity index (χ0v) is 16.1. The number of hydrogen-bond acceptors (Lipinski definition) is 4. The molecule has 0 spiro atoms. The van der Waals surface area contributed by atoms with Gasteiger partial charge in [-0.1, -0.05) is 30.3 Å². The summed E-state index contributed by atoms with van der Waals surface area (Å²) in [7, 11) is -3.26. The molecule has 1 aliphatic heterocycles. The first-order valence-corrected chi connectivity index (χ1v) is 10.8. The summed E-state index contributed by atoms with van der Waals surface area (Å²) in [6, 6.07) is 17.1. The molecular weight excluding hydrogens is 364 g/mol. The molecule has 0 aliphatic carbocycles. The normalized spacial score (nSPS) is 18.0. The van der Waals surface area contributed by atoms with Crippen molar-refractivity contribution in [2.45, 2.75) is 19.4 Å². The van der Waals surface area contributed by atoms with Gasteiger partial charge in [0.25, 0.3) is 0 Å². The van der Waals surface area contributed by atoms with Crippen molar-refractivity contribution in [1.82, 2.24) is 4.31 Å². The Morgan fingerprint density at radius 1 is 1.15 bits per heavy atom. The number of sulfonamides is 1. The predicted octanol–water partition coefficient (Wildman–Crippen LogP) is 2.88. The van der Waals surface area contributed by atoms with Crippen LogP contribution < -0.4 is 10.1 Å². The van der Waals surface area contributed by atoms with Crippen LogP contribution in [-0.4, -0.2) is 38.0 Å². The van der Waals surface area contributed by atoms with Gasteiger partial charge < -0.3 is 10.1 Å². The molecule has 1 N–H and O–H groups in total. The fraction of sp³-hybridized carbons (Fsp3) is 0.350. The van der Waals surface area contributed by atoms with E-state index in [4.69, 9.17) is 4.74 Å². The Labute approximate surface area is 160 Å². The van der Waals surface area contributed by atoms with Crippen LogP contribution >= 0.6 is 0 Å². The van der Waals surface area contributed by atoms with Crippen LogP contribution in [0.3, 0.4) is 0 Å². The molecule has 1 amide bonds. The summed E-state index contributed by atoms with van der Waals surface area (Å²) in [5.74, 6) is 0.238. The number of amides is 1. The van der Waals surface area contributed by atoms with Gasteiger partial charge in [0.2, 0.25) is 15.9 Å². The number of carbonyl (C=O) groups is 1. The molecule has 1 heterocycles. The summed E-state index contributed by atoms with van der Waals surface area (Å²) in [5.41, 5.74) is 1.76. The molecule has 1 aliphatic rings. The quantitative estimate of drug-likeness (QED) is 0.826. The monoisotopic (exact) mass is 388 g/mol. The van der Waals surface area contributed by atoms with Crippen LogP contribution in [0.25, 0.3) is 0 Å². The fourth-order valence-corrected chi connectivity index (χ4v) is 3.99. The van der Waals surface area contributed by atoms with E-state index in [9.17, 15) is 13.2 Å². The molecular formula is C20H24N2O4S. The van der Waals surface area contributed by atoms with Gasteiger partial charge in [0.15, 0.2) is 0 Å². The van der Waals surface area contributed by atoms with E-state index in [1.165, 1.54) is 10.6 Å². The van der Waals surface area contributed by atoms with Gasteiger partial charge in [-0.3, -0.25) is 4.79 Å². The van der Waals surface area contributed by atoms with E-state index in [2.05, 4.69) is 5.32 Å². The third kappa shape index (κ3) is 5.55. The van der Waals surface area contributed by atoms with Crippen molar-refractivity contribution < 1.29 is 17.9 Å². The van der Waals surface area contributed by atoms with Gasteiger partial charge in [-0.05, 0) is 42.7 Å². The Bertz CT molecular complexity index is 867. The van der Waals surface area contributed by atoms with Crippen LogP contribution in [0.4, 0.5) is 5.69 Å². The standard InChI is InChI=1S/C20H24N2O4S/c1-27(24,25)22-13-5-8-17(14-22)20(23)21-18-9-11-19(12-10-18)26-15-16-6-3-2-4-7-16/h2-4,6-7,9-12,17H,5,8,13-15H2,1H3,(H,21,23)/t17-/m1/s1. The number of nitrogens with zero attached hydrogens (tertiary/aromatic N) is 1. The first-order chi connectivity index (χ1) is 12.9. The average Bonchev–Trinajstić information content (AvgIpc) is 2.68. The van der Waals surface area contributed by atoms with E-state index in [0.717, 1.165) is 11.3 Å². The molecule has 1 atom stereocenters. The van der Waals surface area contributed by atoms with E-state index < -0.39 is 10.0 Å². The summed E-state index contributed by atoms with van der Waals surface area (Å²) in [6.45, 7) is 1.20. The van der Waals surface area contributed by atoms with Crippen LogP contribution in [0.15, 0.2) is 54.6 Å². The lowest BCUT2D eigenvalue weighted by atomic mass is 9.99. The highest BCUT2D eigenvalue weighted by Gasteiger charge is 2.30. The second-order valence-corrected chi connectivity index (χ2v) is 8.73. The van der Waals surface area contributed by atoms with Crippen molar-refractivity contribution in [1.29, 1.82) is 0 Å². The summed E-state index contributed by atoms with van der Waals surface area (Å²) in [5, 5.41) is 2.87. The fourth-order valence-electron chi connectivity index (χ4n) is 3.08. The molecule has 0 radical (unpaired) electrons. The summed E-state index contributed by atoms with van der Waals surface area (Å²) in [6.07, 6.45) is 2.56.